The van der Waals surface area contributed by atoms with Crippen molar-refractivity contribution in [3.05, 3.63) is 47.8 Å². The number of anilines is 2. The first-order valence-electron chi connectivity index (χ1n) is 6.52. The van der Waals surface area contributed by atoms with Crippen LogP contribution in [0.2, 0.25) is 0 Å². The van der Waals surface area contributed by atoms with Crippen molar-refractivity contribution in [3.63, 3.8) is 0 Å². The van der Waals surface area contributed by atoms with E-state index in [4.69, 9.17) is 0 Å². The summed E-state index contributed by atoms with van der Waals surface area (Å²) in [5.41, 5.74) is 2.36. The Bertz CT molecular complexity index is 523. The lowest BCUT2D eigenvalue weighted by Gasteiger charge is -2.16. The predicted octanol–water partition coefficient (Wildman–Crippen LogP) is 3.25. The van der Waals surface area contributed by atoms with E-state index in [1.54, 1.807) is 6.33 Å². The van der Waals surface area contributed by atoms with Gasteiger partial charge in [-0.1, -0.05) is 44.2 Å². The lowest BCUT2D eigenvalue weighted by atomic mass is 10.0. The zero-order valence-electron chi connectivity index (χ0n) is 11.6. The van der Waals surface area contributed by atoms with Gasteiger partial charge in [0.05, 0.1) is 0 Å². The van der Waals surface area contributed by atoms with E-state index in [-0.39, 0.29) is 0 Å². The summed E-state index contributed by atoms with van der Waals surface area (Å²) in [7, 11) is 1.88. The van der Waals surface area contributed by atoms with E-state index in [9.17, 15) is 0 Å². The number of nitrogens with one attached hydrogen (secondary N) is 2. The van der Waals surface area contributed by atoms with Crippen molar-refractivity contribution >= 4 is 11.6 Å². The highest BCUT2D eigenvalue weighted by atomic mass is 15.1. The molecule has 0 aliphatic heterocycles. The second kappa shape index (κ2) is 6.18. The molecule has 4 heteroatoms. The second-order valence-corrected chi connectivity index (χ2v) is 4.73. The second-order valence-electron chi connectivity index (χ2n) is 4.73. The fourth-order valence-electron chi connectivity index (χ4n) is 2.06. The molecule has 1 aromatic heterocycles. The summed E-state index contributed by atoms with van der Waals surface area (Å²) >= 11 is 0. The van der Waals surface area contributed by atoms with Gasteiger partial charge in [-0.3, -0.25) is 0 Å². The number of hydrogen-bond acceptors (Lipinski definition) is 4. The summed E-state index contributed by atoms with van der Waals surface area (Å²) in [6.45, 7) is 5.06. The van der Waals surface area contributed by atoms with E-state index in [1.807, 2.05) is 25.2 Å². The maximum atomic E-state index is 4.36. The van der Waals surface area contributed by atoms with E-state index >= 15 is 0 Å². The zero-order chi connectivity index (χ0) is 13.7. The molecule has 4 nitrogen and oxygen atoms in total. The first kappa shape index (κ1) is 13.3. The van der Waals surface area contributed by atoms with Crippen molar-refractivity contribution in [2.24, 2.45) is 0 Å². The average Bonchev–Trinajstić information content (AvgIpc) is 2.45. The van der Waals surface area contributed by atoms with Crippen LogP contribution in [0.15, 0.2) is 36.7 Å². The fraction of sp³-hybridized carbons (Fsp3) is 0.333. The largest absolute Gasteiger partial charge is 0.373 e. The summed E-state index contributed by atoms with van der Waals surface area (Å²) in [6, 6.07) is 10.3. The molecule has 0 fully saturated rings. The molecule has 2 rings (SSSR count). The van der Waals surface area contributed by atoms with Gasteiger partial charge in [0.2, 0.25) is 0 Å². The first-order valence-corrected chi connectivity index (χ1v) is 6.52. The molecule has 0 spiro atoms. The Balaban J connectivity index is 2.20. The molecule has 2 N–H and O–H groups in total. The molecular weight excluding hydrogens is 236 g/mol. The van der Waals surface area contributed by atoms with E-state index in [0.29, 0.717) is 5.92 Å². The molecule has 0 aliphatic rings. The van der Waals surface area contributed by atoms with Crippen LogP contribution in [0.4, 0.5) is 11.6 Å². The van der Waals surface area contributed by atoms with Gasteiger partial charge in [0, 0.05) is 19.2 Å². The Labute approximate surface area is 114 Å². The standard InChI is InChI=1S/C15H20N4/c1-11(2)13-14(16-3)18-10-19-15(13)17-9-12-7-5-4-6-8-12/h4-8,10-11H,9H2,1-3H3,(H2,16,17,18,19). The molecule has 0 aliphatic carbocycles. The third-order valence-corrected chi connectivity index (χ3v) is 3.00. The summed E-state index contributed by atoms with van der Waals surface area (Å²) in [5, 5.41) is 6.52. The van der Waals surface area contributed by atoms with Gasteiger partial charge >= 0.3 is 0 Å². The van der Waals surface area contributed by atoms with Crippen LogP contribution in [0.25, 0.3) is 0 Å². The molecule has 0 saturated heterocycles. The molecule has 0 radical (unpaired) electrons. The predicted molar refractivity (Wildman–Crippen MR) is 79.4 cm³/mol. The average molecular weight is 256 g/mol. The Morgan fingerprint density at radius 1 is 1.05 bits per heavy atom. The molecule has 1 aromatic carbocycles. The Morgan fingerprint density at radius 3 is 2.37 bits per heavy atom. The normalized spacial score (nSPS) is 10.5. The lowest BCUT2D eigenvalue weighted by Crippen LogP contribution is -2.09. The quantitative estimate of drug-likeness (QED) is 0.862. The van der Waals surface area contributed by atoms with Gasteiger partial charge < -0.3 is 10.6 Å². The van der Waals surface area contributed by atoms with Gasteiger partial charge in [-0.25, -0.2) is 9.97 Å². The molecule has 19 heavy (non-hydrogen) atoms. The lowest BCUT2D eigenvalue weighted by molar-refractivity contribution is 0.847. The molecular formula is C15H20N4. The summed E-state index contributed by atoms with van der Waals surface area (Å²) in [6.07, 6.45) is 1.59. The summed E-state index contributed by atoms with van der Waals surface area (Å²) in [5.74, 6) is 2.15. The topological polar surface area (TPSA) is 49.8 Å². The van der Waals surface area contributed by atoms with Gasteiger partial charge in [-0.15, -0.1) is 0 Å². The van der Waals surface area contributed by atoms with Gasteiger partial charge in [0.15, 0.2) is 0 Å². The highest BCUT2D eigenvalue weighted by molar-refractivity contribution is 5.58. The van der Waals surface area contributed by atoms with Gasteiger partial charge in [-0.2, -0.15) is 0 Å². The molecule has 0 amide bonds. The Morgan fingerprint density at radius 2 is 1.74 bits per heavy atom. The minimum atomic E-state index is 0.363. The number of benzene rings is 1. The van der Waals surface area contributed by atoms with Crippen LogP contribution < -0.4 is 10.6 Å². The summed E-state index contributed by atoms with van der Waals surface area (Å²) in [4.78, 5) is 8.63. The van der Waals surface area contributed by atoms with Crippen molar-refractivity contribution in [1.82, 2.24) is 9.97 Å². The number of aromatic nitrogens is 2. The monoisotopic (exact) mass is 256 g/mol. The van der Waals surface area contributed by atoms with E-state index in [0.717, 1.165) is 23.7 Å². The number of rotatable bonds is 5. The third kappa shape index (κ3) is 3.22. The smallest absolute Gasteiger partial charge is 0.135 e. The molecule has 1 heterocycles. The van der Waals surface area contributed by atoms with Crippen molar-refractivity contribution in [1.29, 1.82) is 0 Å². The fourth-order valence-corrected chi connectivity index (χ4v) is 2.06. The van der Waals surface area contributed by atoms with Crippen LogP contribution in [-0.4, -0.2) is 17.0 Å². The van der Waals surface area contributed by atoms with Crippen molar-refractivity contribution in [3.8, 4) is 0 Å². The number of nitrogens with zero attached hydrogens (tertiary/aromatic N) is 2. The SMILES string of the molecule is CNc1ncnc(NCc2ccccc2)c1C(C)C. The summed E-state index contributed by atoms with van der Waals surface area (Å²) < 4.78 is 0. The van der Waals surface area contributed by atoms with Crippen LogP contribution in [-0.2, 0) is 6.54 Å². The Hall–Kier alpha value is -2.10. The highest BCUT2D eigenvalue weighted by Gasteiger charge is 2.13. The maximum Gasteiger partial charge on any atom is 0.135 e. The van der Waals surface area contributed by atoms with Crippen molar-refractivity contribution < 1.29 is 0 Å². The number of hydrogen-bond donors (Lipinski definition) is 2. The maximum absolute atomic E-state index is 4.36. The zero-order valence-corrected chi connectivity index (χ0v) is 11.6. The molecule has 2 aromatic rings. The van der Waals surface area contributed by atoms with E-state index in [1.165, 1.54) is 5.56 Å². The molecule has 0 saturated carbocycles. The molecule has 0 bridgehead atoms. The van der Waals surface area contributed by atoms with Crippen LogP contribution in [0.1, 0.15) is 30.9 Å². The minimum Gasteiger partial charge on any atom is -0.373 e. The van der Waals surface area contributed by atoms with Crippen LogP contribution >= 0.6 is 0 Å². The Kier molecular flexibility index (Phi) is 4.34. The van der Waals surface area contributed by atoms with Gasteiger partial charge in [0.1, 0.15) is 18.0 Å². The van der Waals surface area contributed by atoms with Gasteiger partial charge in [-0.05, 0) is 11.5 Å². The third-order valence-electron chi connectivity index (χ3n) is 3.00. The van der Waals surface area contributed by atoms with Gasteiger partial charge in [0.25, 0.3) is 0 Å². The van der Waals surface area contributed by atoms with Crippen LogP contribution in [0.3, 0.4) is 0 Å². The molecule has 100 valence electrons. The van der Waals surface area contributed by atoms with Crippen LogP contribution in [0, 0.1) is 0 Å². The molecule has 0 unspecified atom stereocenters. The minimum absolute atomic E-state index is 0.363. The molecule has 0 atom stereocenters. The highest BCUT2D eigenvalue weighted by Crippen LogP contribution is 2.28. The van der Waals surface area contributed by atoms with E-state index < -0.39 is 0 Å². The van der Waals surface area contributed by atoms with E-state index in [2.05, 4.69) is 46.6 Å². The van der Waals surface area contributed by atoms with Crippen LogP contribution in [0.5, 0.6) is 0 Å². The van der Waals surface area contributed by atoms with Crippen molar-refractivity contribution in [2.75, 3.05) is 17.7 Å². The van der Waals surface area contributed by atoms with Crippen molar-refractivity contribution in [2.45, 2.75) is 26.3 Å². The first-order chi connectivity index (χ1) is 9.22.